The molecule has 0 aromatic heterocycles. The zero-order valence-electron chi connectivity index (χ0n) is 37.3. The van der Waals surface area contributed by atoms with E-state index in [1.165, 1.54) is 99.8 Å². The van der Waals surface area contributed by atoms with Crippen LogP contribution in [0.2, 0.25) is 0 Å². The molecule has 2 aliphatic carbocycles. The van der Waals surface area contributed by atoms with Crippen LogP contribution in [0.4, 0.5) is 17.1 Å². The third kappa shape index (κ3) is 6.21. The average Bonchev–Trinajstić information content (AvgIpc) is 3.74. The van der Waals surface area contributed by atoms with Crippen LogP contribution < -0.4 is 4.90 Å². The molecule has 0 aliphatic heterocycles. The highest BCUT2D eigenvalue weighted by Gasteiger charge is 2.38. The fourth-order valence-corrected chi connectivity index (χ4v) is 11.2. The standard InChI is InChI=1S/C64H49N/c1-63(2)58-25-10-8-19-54(58)56-40-33-47(41-60(56)63)42-27-34-48(35-28-42)65(50-38-31-45(32-39-50)53-23-14-24-57-55-20-9-11-26-59(55)64(3,4)62(53)57)49-36-29-44(30-37-49)52-22-13-18-46-17-12-21-51(61(46)52)43-15-6-5-7-16-43/h5-41H,1-4H3. The highest BCUT2D eigenvalue weighted by Crippen LogP contribution is 2.53. The van der Waals surface area contributed by atoms with Crippen molar-refractivity contribution >= 4 is 27.8 Å². The Hall–Kier alpha value is -7.74. The third-order valence-corrected chi connectivity index (χ3v) is 14.5. The third-order valence-electron chi connectivity index (χ3n) is 14.5. The molecule has 1 nitrogen and oxygen atoms in total. The van der Waals surface area contributed by atoms with Gasteiger partial charge >= 0.3 is 0 Å². The van der Waals surface area contributed by atoms with Gasteiger partial charge in [0.15, 0.2) is 0 Å². The molecule has 0 heterocycles. The van der Waals surface area contributed by atoms with Crippen LogP contribution in [0.3, 0.4) is 0 Å². The van der Waals surface area contributed by atoms with E-state index in [9.17, 15) is 0 Å². The molecule has 0 atom stereocenters. The van der Waals surface area contributed by atoms with E-state index in [1.54, 1.807) is 0 Å². The predicted molar refractivity (Wildman–Crippen MR) is 276 cm³/mol. The maximum Gasteiger partial charge on any atom is 0.0462 e. The number of anilines is 3. The Kier molecular flexibility index (Phi) is 8.94. The molecule has 310 valence electrons. The number of rotatable bonds is 7. The van der Waals surface area contributed by atoms with Gasteiger partial charge in [-0.25, -0.2) is 0 Å². The fraction of sp³-hybridized carbons (Fsp3) is 0.0938. The lowest BCUT2D eigenvalue weighted by molar-refractivity contribution is 0.660. The van der Waals surface area contributed by atoms with Crippen molar-refractivity contribution in [2.75, 3.05) is 4.90 Å². The van der Waals surface area contributed by atoms with Crippen LogP contribution in [-0.4, -0.2) is 0 Å². The van der Waals surface area contributed by atoms with Gasteiger partial charge in [-0.05, 0) is 142 Å². The van der Waals surface area contributed by atoms with Gasteiger partial charge in [0.2, 0.25) is 0 Å². The van der Waals surface area contributed by atoms with Crippen LogP contribution in [0.15, 0.2) is 224 Å². The quantitative estimate of drug-likeness (QED) is 0.155. The van der Waals surface area contributed by atoms with E-state index in [-0.39, 0.29) is 10.8 Å². The number of benzene rings is 10. The van der Waals surface area contributed by atoms with Crippen molar-refractivity contribution in [3.63, 3.8) is 0 Å². The minimum Gasteiger partial charge on any atom is -0.311 e. The summed E-state index contributed by atoms with van der Waals surface area (Å²) in [5.41, 5.74) is 24.0. The Labute approximate surface area is 383 Å². The SMILES string of the molecule is CC1(C)c2ccccc2-c2ccc(-c3ccc(N(c4ccc(-c5cccc6c5C(C)(C)c5ccccc5-6)cc4)c4ccc(-c5cccc6cccc(-c7ccccc7)c56)cc4)cc3)cc21. The highest BCUT2D eigenvalue weighted by atomic mass is 15.1. The second kappa shape index (κ2) is 14.9. The second-order valence-corrected chi connectivity index (χ2v) is 18.9. The summed E-state index contributed by atoms with van der Waals surface area (Å²) in [5, 5.41) is 2.51. The molecule has 1 heteroatoms. The summed E-state index contributed by atoms with van der Waals surface area (Å²) in [6.07, 6.45) is 0. The first-order valence-electron chi connectivity index (χ1n) is 22.9. The molecule has 0 bridgehead atoms. The van der Waals surface area contributed by atoms with Gasteiger partial charge < -0.3 is 4.90 Å². The first-order chi connectivity index (χ1) is 31.8. The molecule has 10 aromatic rings. The van der Waals surface area contributed by atoms with E-state index in [2.05, 4.69) is 257 Å². The molecule has 0 saturated carbocycles. The Morgan fingerprint density at radius 2 is 0.692 bits per heavy atom. The van der Waals surface area contributed by atoms with Gasteiger partial charge in [0, 0.05) is 27.9 Å². The lowest BCUT2D eigenvalue weighted by Crippen LogP contribution is -2.16. The van der Waals surface area contributed by atoms with Gasteiger partial charge in [-0.1, -0.05) is 210 Å². The molecular weight excluding hydrogens is 783 g/mol. The molecule has 0 fully saturated rings. The summed E-state index contributed by atoms with van der Waals surface area (Å²) < 4.78 is 0. The van der Waals surface area contributed by atoms with Crippen LogP contribution in [0.5, 0.6) is 0 Å². The topological polar surface area (TPSA) is 3.24 Å². The number of hydrogen-bond acceptors (Lipinski definition) is 1. The molecular formula is C64H49N. The Morgan fingerprint density at radius 1 is 0.277 bits per heavy atom. The molecule has 0 spiro atoms. The monoisotopic (exact) mass is 831 g/mol. The van der Waals surface area contributed by atoms with Crippen LogP contribution in [0.25, 0.3) is 77.5 Å². The van der Waals surface area contributed by atoms with Crippen molar-refractivity contribution in [3.8, 4) is 66.8 Å². The summed E-state index contributed by atoms with van der Waals surface area (Å²) >= 11 is 0. The van der Waals surface area contributed by atoms with Crippen LogP contribution >= 0.6 is 0 Å². The molecule has 0 saturated heterocycles. The molecule has 0 N–H and O–H groups in total. The van der Waals surface area contributed by atoms with Crippen molar-refractivity contribution in [2.24, 2.45) is 0 Å². The van der Waals surface area contributed by atoms with E-state index in [0.29, 0.717) is 0 Å². The summed E-state index contributed by atoms with van der Waals surface area (Å²) in [6.45, 7) is 9.45. The first kappa shape index (κ1) is 38.9. The normalized spacial score (nSPS) is 13.8. The van der Waals surface area contributed by atoms with Gasteiger partial charge in [-0.3, -0.25) is 0 Å². The maximum absolute atomic E-state index is 2.41. The summed E-state index contributed by atoms with van der Waals surface area (Å²) in [7, 11) is 0. The van der Waals surface area contributed by atoms with Crippen LogP contribution in [0, 0.1) is 0 Å². The van der Waals surface area contributed by atoms with Crippen molar-refractivity contribution < 1.29 is 0 Å². The summed E-state index contributed by atoms with van der Waals surface area (Å²) in [6, 6.07) is 83.1. The minimum atomic E-state index is -0.0960. The van der Waals surface area contributed by atoms with E-state index in [1.807, 2.05) is 0 Å². The van der Waals surface area contributed by atoms with Gasteiger partial charge in [0.1, 0.15) is 0 Å². The Balaban J connectivity index is 0.942. The predicted octanol–water partition coefficient (Wildman–Crippen LogP) is 17.6. The maximum atomic E-state index is 2.41. The number of nitrogens with zero attached hydrogens (tertiary/aromatic N) is 1. The molecule has 10 aromatic carbocycles. The van der Waals surface area contributed by atoms with Crippen molar-refractivity contribution in [1.29, 1.82) is 0 Å². The Bertz CT molecular complexity index is 3440. The molecule has 65 heavy (non-hydrogen) atoms. The first-order valence-corrected chi connectivity index (χ1v) is 22.9. The molecule has 0 unspecified atom stereocenters. The summed E-state index contributed by atoms with van der Waals surface area (Å²) in [4.78, 5) is 2.40. The largest absolute Gasteiger partial charge is 0.311 e. The molecule has 0 amide bonds. The van der Waals surface area contributed by atoms with E-state index in [0.717, 1.165) is 17.1 Å². The van der Waals surface area contributed by atoms with Gasteiger partial charge in [0.05, 0.1) is 0 Å². The average molecular weight is 832 g/mol. The summed E-state index contributed by atoms with van der Waals surface area (Å²) in [5.74, 6) is 0. The van der Waals surface area contributed by atoms with Gasteiger partial charge in [0.25, 0.3) is 0 Å². The lowest BCUT2D eigenvalue weighted by Gasteiger charge is -2.27. The van der Waals surface area contributed by atoms with E-state index >= 15 is 0 Å². The van der Waals surface area contributed by atoms with Crippen LogP contribution in [-0.2, 0) is 10.8 Å². The van der Waals surface area contributed by atoms with Crippen molar-refractivity contribution in [2.45, 2.75) is 38.5 Å². The zero-order valence-corrected chi connectivity index (χ0v) is 37.3. The molecule has 12 rings (SSSR count). The smallest absolute Gasteiger partial charge is 0.0462 e. The Morgan fingerprint density at radius 3 is 1.31 bits per heavy atom. The number of fused-ring (bicyclic) bond motifs is 7. The fourth-order valence-electron chi connectivity index (χ4n) is 11.2. The molecule has 2 aliphatic rings. The van der Waals surface area contributed by atoms with Crippen molar-refractivity contribution in [1.82, 2.24) is 0 Å². The highest BCUT2D eigenvalue weighted by molar-refractivity contribution is 6.06. The van der Waals surface area contributed by atoms with E-state index in [4.69, 9.17) is 0 Å². The lowest BCUT2D eigenvalue weighted by atomic mass is 9.79. The second-order valence-electron chi connectivity index (χ2n) is 18.9. The van der Waals surface area contributed by atoms with E-state index < -0.39 is 0 Å². The number of hydrogen-bond donors (Lipinski definition) is 0. The molecule has 0 radical (unpaired) electrons. The minimum absolute atomic E-state index is 0.0499. The van der Waals surface area contributed by atoms with Gasteiger partial charge in [-0.2, -0.15) is 0 Å². The van der Waals surface area contributed by atoms with Crippen molar-refractivity contribution in [3.05, 3.63) is 247 Å². The zero-order chi connectivity index (χ0) is 43.9. The van der Waals surface area contributed by atoms with Crippen LogP contribution in [0.1, 0.15) is 49.9 Å². The van der Waals surface area contributed by atoms with Gasteiger partial charge in [-0.15, -0.1) is 0 Å².